The van der Waals surface area contributed by atoms with Crippen LogP contribution in [0.25, 0.3) is 0 Å². The smallest absolute Gasteiger partial charge is 0.328 e. The SMILES string of the molecule is NCC(=O)NC(CCC(N)=O)C(=O)NC(CCC(=O)O)C(=O)NC(CO)C(=O)O. The molecule has 0 saturated heterocycles. The summed E-state index contributed by atoms with van der Waals surface area (Å²) in [6.07, 6.45) is -1.44. The van der Waals surface area contributed by atoms with Crippen molar-refractivity contribution >= 4 is 35.6 Å². The molecule has 0 aromatic carbocycles. The van der Waals surface area contributed by atoms with Gasteiger partial charge in [-0.2, -0.15) is 0 Å². The van der Waals surface area contributed by atoms with Crippen molar-refractivity contribution in [3.63, 3.8) is 0 Å². The van der Waals surface area contributed by atoms with E-state index in [1.807, 2.05) is 5.32 Å². The van der Waals surface area contributed by atoms with Crippen molar-refractivity contribution in [2.45, 2.75) is 43.8 Å². The molecule has 3 atom stereocenters. The molecule has 0 aliphatic carbocycles. The molecular formula is C15H25N5O9. The lowest BCUT2D eigenvalue weighted by Crippen LogP contribution is -2.56. The molecule has 0 saturated carbocycles. The van der Waals surface area contributed by atoms with Crippen LogP contribution in [0.2, 0.25) is 0 Å². The Morgan fingerprint density at radius 1 is 0.793 bits per heavy atom. The highest BCUT2D eigenvalue weighted by Crippen LogP contribution is 2.03. The van der Waals surface area contributed by atoms with Crippen molar-refractivity contribution in [3.8, 4) is 0 Å². The molecule has 14 nitrogen and oxygen atoms in total. The van der Waals surface area contributed by atoms with E-state index in [9.17, 15) is 28.8 Å². The topological polar surface area (TPSA) is 251 Å². The first kappa shape index (κ1) is 25.7. The van der Waals surface area contributed by atoms with Gasteiger partial charge < -0.3 is 42.7 Å². The monoisotopic (exact) mass is 419 g/mol. The molecule has 0 radical (unpaired) electrons. The van der Waals surface area contributed by atoms with Crippen LogP contribution in [-0.2, 0) is 28.8 Å². The van der Waals surface area contributed by atoms with Gasteiger partial charge in [-0.3, -0.25) is 24.0 Å². The van der Waals surface area contributed by atoms with E-state index in [2.05, 4.69) is 10.6 Å². The summed E-state index contributed by atoms with van der Waals surface area (Å²) >= 11 is 0. The van der Waals surface area contributed by atoms with Gasteiger partial charge in [0.2, 0.25) is 23.6 Å². The van der Waals surface area contributed by atoms with Crippen molar-refractivity contribution in [2.24, 2.45) is 11.5 Å². The van der Waals surface area contributed by atoms with Crippen LogP contribution in [0.5, 0.6) is 0 Å². The maximum absolute atomic E-state index is 12.4. The minimum absolute atomic E-state index is 0.214. The highest BCUT2D eigenvalue weighted by molar-refractivity contribution is 5.94. The Balaban J connectivity index is 5.35. The number of carboxylic acid groups (broad SMARTS) is 2. The molecule has 29 heavy (non-hydrogen) atoms. The van der Waals surface area contributed by atoms with Crippen LogP contribution in [-0.4, -0.2) is 82.2 Å². The van der Waals surface area contributed by atoms with Gasteiger partial charge in [0.05, 0.1) is 13.2 Å². The van der Waals surface area contributed by atoms with Crippen LogP contribution in [0.3, 0.4) is 0 Å². The summed E-state index contributed by atoms with van der Waals surface area (Å²) in [5.41, 5.74) is 10.2. The van der Waals surface area contributed by atoms with Crippen LogP contribution in [0.1, 0.15) is 25.7 Å². The summed E-state index contributed by atoms with van der Waals surface area (Å²) in [5.74, 6) is -6.30. The molecule has 0 rings (SSSR count). The van der Waals surface area contributed by atoms with E-state index in [0.717, 1.165) is 0 Å². The molecule has 4 amide bonds. The minimum atomic E-state index is -1.67. The Morgan fingerprint density at radius 3 is 1.69 bits per heavy atom. The fourth-order valence-corrected chi connectivity index (χ4v) is 2.08. The van der Waals surface area contributed by atoms with Crippen molar-refractivity contribution < 1.29 is 44.1 Å². The van der Waals surface area contributed by atoms with E-state index in [1.54, 1.807) is 0 Å². The van der Waals surface area contributed by atoms with E-state index < -0.39 is 79.7 Å². The Morgan fingerprint density at radius 2 is 1.28 bits per heavy atom. The summed E-state index contributed by atoms with van der Waals surface area (Å²) in [6.45, 7) is -1.39. The van der Waals surface area contributed by atoms with Crippen LogP contribution in [0, 0.1) is 0 Å². The van der Waals surface area contributed by atoms with Crippen molar-refractivity contribution in [3.05, 3.63) is 0 Å². The van der Waals surface area contributed by atoms with Gasteiger partial charge in [0, 0.05) is 12.8 Å². The third kappa shape index (κ3) is 10.6. The standard InChI is InChI=1S/C15H25N5O9/c16-5-11(23)18-7(1-3-10(17)22)13(26)19-8(2-4-12(24)25)14(27)20-9(6-21)15(28)29/h7-9,21H,1-6,16H2,(H2,17,22)(H,18,23)(H,19,26)(H,20,27)(H,24,25)(H,28,29). The van der Waals surface area contributed by atoms with E-state index in [4.69, 9.17) is 26.8 Å². The number of aliphatic hydroxyl groups is 1. The maximum Gasteiger partial charge on any atom is 0.328 e. The molecule has 0 aliphatic heterocycles. The number of carbonyl (C=O) groups excluding carboxylic acids is 4. The van der Waals surface area contributed by atoms with Gasteiger partial charge in [-0.15, -0.1) is 0 Å². The number of rotatable bonds is 14. The van der Waals surface area contributed by atoms with E-state index in [0.29, 0.717) is 0 Å². The van der Waals surface area contributed by atoms with Gasteiger partial charge in [0.15, 0.2) is 0 Å². The lowest BCUT2D eigenvalue weighted by molar-refractivity contribution is -0.144. The largest absolute Gasteiger partial charge is 0.481 e. The summed E-state index contributed by atoms with van der Waals surface area (Å²) in [5, 5.41) is 33.1. The number of carbonyl (C=O) groups is 6. The van der Waals surface area contributed by atoms with Gasteiger partial charge in [0.1, 0.15) is 18.1 Å². The van der Waals surface area contributed by atoms with Crippen LogP contribution >= 0.6 is 0 Å². The summed E-state index contributed by atoms with van der Waals surface area (Å²) in [6, 6.07) is -4.46. The number of amides is 4. The average molecular weight is 419 g/mol. The predicted octanol–water partition coefficient (Wildman–Crippen LogP) is -4.39. The van der Waals surface area contributed by atoms with Gasteiger partial charge in [-0.1, -0.05) is 0 Å². The number of nitrogens with one attached hydrogen (secondary N) is 3. The molecule has 0 aromatic heterocycles. The molecule has 0 aromatic rings. The Kier molecular flexibility index (Phi) is 11.5. The molecule has 0 bridgehead atoms. The molecule has 0 aliphatic rings. The zero-order chi connectivity index (χ0) is 22.6. The van der Waals surface area contributed by atoms with Crippen molar-refractivity contribution in [1.82, 2.24) is 16.0 Å². The van der Waals surface area contributed by atoms with Gasteiger partial charge in [0.25, 0.3) is 0 Å². The lowest BCUT2D eigenvalue weighted by Gasteiger charge is -2.23. The molecule has 164 valence electrons. The number of hydrogen-bond acceptors (Lipinski definition) is 8. The number of aliphatic carboxylic acids is 2. The fourth-order valence-electron chi connectivity index (χ4n) is 2.08. The number of primary amides is 1. The Labute approximate surface area is 165 Å². The highest BCUT2D eigenvalue weighted by Gasteiger charge is 2.29. The molecule has 10 N–H and O–H groups in total. The number of aliphatic hydroxyl groups excluding tert-OH is 1. The normalized spacial score (nSPS) is 13.4. The van der Waals surface area contributed by atoms with Crippen LogP contribution < -0.4 is 27.4 Å². The fraction of sp³-hybridized carbons (Fsp3) is 0.600. The number of nitrogens with two attached hydrogens (primary N) is 2. The molecule has 0 fully saturated rings. The molecule has 0 heterocycles. The highest BCUT2D eigenvalue weighted by atomic mass is 16.4. The summed E-state index contributed by atoms with van der Waals surface area (Å²) in [7, 11) is 0. The third-order valence-electron chi connectivity index (χ3n) is 3.59. The number of carboxylic acids is 2. The Hall–Kier alpha value is -3.26. The van der Waals surface area contributed by atoms with E-state index in [-0.39, 0.29) is 12.8 Å². The van der Waals surface area contributed by atoms with Gasteiger partial charge in [-0.05, 0) is 12.8 Å². The maximum atomic E-state index is 12.4. The molecule has 14 heteroatoms. The zero-order valence-electron chi connectivity index (χ0n) is 15.4. The van der Waals surface area contributed by atoms with Gasteiger partial charge in [-0.25, -0.2) is 4.79 Å². The van der Waals surface area contributed by atoms with Crippen molar-refractivity contribution in [1.29, 1.82) is 0 Å². The van der Waals surface area contributed by atoms with E-state index in [1.165, 1.54) is 0 Å². The molecule has 3 unspecified atom stereocenters. The van der Waals surface area contributed by atoms with E-state index >= 15 is 0 Å². The first-order valence-electron chi connectivity index (χ1n) is 8.45. The zero-order valence-corrected chi connectivity index (χ0v) is 15.4. The van der Waals surface area contributed by atoms with Crippen LogP contribution in [0.15, 0.2) is 0 Å². The summed E-state index contributed by atoms with van der Waals surface area (Å²) in [4.78, 5) is 68.9. The first-order valence-corrected chi connectivity index (χ1v) is 8.45. The second kappa shape index (κ2) is 13.0. The minimum Gasteiger partial charge on any atom is -0.481 e. The average Bonchev–Trinajstić information content (AvgIpc) is 2.64. The second-order valence-corrected chi connectivity index (χ2v) is 5.90. The molecular weight excluding hydrogens is 394 g/mol. The quantitative estimate of drug-likeness (QED) is 0.134. The second-order valence-electron chi connectivity index (χ2n) is 5.90. The van der Waals surface area contributed by atoms with Crippen LogP contribution in [0.4, 0.5) is 0 Å². The first-order chi connectivity index (χ1) is 13.5. The third-order valence-corrected chi connectivity index (χ3v) is 3.59. The van der Waals surface area contributed by atoms with Gasteiger partial charge >= 0.3 is 11.9 Å². The van der Waals surface area contributed by atoms with Crippen molar-refractivity contribution in [2.75, 3.05) is 13.2 Å². The predicted molar refractivity (Wildman–Crippen MR) is 94.9 cm³/mol. The number of hydrogen-bond donors (Lipinski definition) is 8. The lowest BCUT2D eigenvalue weighted by atomic mass is 10.1. The Bertz CT molecular complexity index is 640. The molecule has 0 spiro atoms. The summed E-state index contributed by atoms with van der Waals surface area (Å²) < 4.78 is 0.